The zero-order valence-corrected chi connectivity index (χ0v) is 18.4. The largest absolute Gasteiger partial charge is 0.294 e. The van der Waals surface area contributed by atoms with Crippen molar-refractivity contribution in [3.05, 3.63) is 82.3 Å². The number of nitrogens with one attached hydrogen (secondary N) is 1. The summed E-state index contributed by atoms with van der Waals surface area (Å²) in [5.41, 5.74) is 8.56. The fraction of sp³-hybridized carbons (Fsp3) is 0.200. The lowest BCUT2D eigenvalue weighted by Crippen LogP contribution is -2.20. The Kier molecular flexibility index (Phi) is 5.59. The third kappa shape index (κ3) is 4.15. The molecule has 0 unspecified atom stereocenters. The van der Waals surface area contributed by atoms with Gasteiger partial charge in [-0.15, -0.1) is 0 Å². The lowest BCUT2D eigenvalue weighted by molar-refractivity contribution is 0.0705. The SMILES string of the molecule is Cc1cc(C(=O)Cc2cc(C)c3nc(C)c(C(=O)NO)cc3c2)cc(-c2cnn(C)c2)c1. The van der Waals surface area contributed by atoms with Crippen LogP contribution in [0.4, 0.5) is 0 Å². The smallest absolute Gasteiger partial charge is 0.276 e. The molecule has 162 valence electrons. The van der Waals surface area contributed by atoms with Crippen LogP contribution in [0.1, 0.15) is 43.1 Å². The number of fused-ring (bicyclic) bond motifs is 1. The molecule has 0 aliphatic rings. The zero-order valence-electron chi connectivity index (χ0n) is 18.4. The Balaban J connectivity index is 1.69. The molecule has 7 nitrogen and oxygen atoms in total. The Morgan fingerprint density at radius 1 is 1.03 bits per heavy atom. The second-order valence-corrected chi connectivity index (χ2v) is 8.14. The van der Waals surface area contributed by atoms with Crippen molar-refractivity contribution in [2.75, 3.05) is 0 Å². The molecule has 7 heteroatoms. The molecule has 0 saturated carbocycles. The number of rotatable bonds is 5. The van der Waals surface area contributed by atoms with Gasteiger partial charge in [0.25, 0.3) is 5.91 Å². The van der Waals surface area contributed by atoms with Gasteiger partial charge in [0.1, 0.15) is 0 Å². The van der Waals surface area contributed by atoms with E-state index in [1.807, 2.05) is 57.4 Å². The second kappa shape index (κ2) is 8.36. The molecule has 0 saturated heterocycles. The number of carbonyl (C=O) groups is 2. The Morgan fingerprint density at radius 3 is 2.50 bits per heavy atom. The maximum absolute atomic E-state index is 13.1. The van der Waals surface area contributed by atoms with E-state index in [-0.39, 0.29) is 12.2 Å². The minimum absolute atomic E-state index is 0.00554. The standard InChI is InChI=1S/C25H24N4O3/c1-14-5-18(21-12-26-29(4)13-21)10-19(6-14)23(30)9-17-7-15(2)24-20(8-17)11-22(16(3)27-24)25(31)28-32/h5-8,10-13,32H,9H2,1-4H3,(H,28,31). The van der Waals surface area contributed by atoms with Gasteiger partial charge in [0.05, 0.1) is 23.0 Å². The third-order valence-corrected chi connectivity index (χ3v) is 5.51. The molecule has 0 aliphatic heterocycles. The minimum Gasteiger partial charge on any atom is -0.294 e. The highest BCUT2D eigenvalue weighted by molar-refractivity contribution is 6.00. The normalized spacial score (nSPS) is 11.0. The number of hydrogen-bond acceptors (Lipinski definition) is 5. The topological polar surface area (TPSA) is 97.1 Å². The summed E-state index contributed by atoms with van der Waals surface area (Å²) in [5.74, 6) is -0.607. The summed E-state index contributed by atoms with van der Waals surface area (Å²) < 4.78 is 1.73. The van der Waals surface area contributed by atoms with Crippen molar-refractivity contribution >= 4 is 22.6 Å². The minimum atomic E-state index is -0.612. The Bertz CT molecular complexity index is 1370. The zero-order chi connectivity index (χ0) is 23.0. The number of benzene rings is 2. The number of hydrogen-bond donors (Lipinski definition) is 2. The summed E-state index contributed by atoms with van der Waals surface area (Å²) in [7, 11) is 1.86. The summed E-state index contributed by atoms with van der Waals surface area (Å²) in [6.07, 6.45) is 3.93. The molecule has 2 N–H and O–H groups in total. The molecule has 2 aromatic heterocycles. The van der Waals surface area contributed by atoms with Crippen molar-refractivity contribution < 1.29 is 14.8 Å². The molecule has 1 amide bonds. The van der Waals surface area contributed by atoms with Crippen molar-refractivity contribution in [3.63, 3.8) is 0 Å². The van der Waals surface area contributed by atoms with Crippen molar-refractivity contribution in [2.45, 2.75) is 27.2 Å². The number of amides is 1. The number of aromatic nitrogens is 3. The molecule has 0 bridgehead atoms. The first-order chi connectivity index (χ1) is 15.2. The molecule has 0 radical (unpaired) electrons. The van der Waals surface area contributed by atoms with Crippen LogP contribution in [-0.2, 0) is 13.5 Å². The number of Topliss-reactive ketones (excluding diaryl/α,β-unsaturated/α-hetero) is 1. The second-order valence-electron chi connectivity index (χ2n) is 8.14. The van der Waals surface area contributed by atoms with E-state index in [0.717, 1.165) is 38.7 Å². The van der Waals surface area contributed by atoms with E-state index in [1.165, 1.54) is 0 Å². The molecular formula is C25H24N4O3. The van der Waals surface area contributed by atoms with Crippen LogP contribution in [0, 0.1) is 20.8 Å². The first kappa shape index (κ1) is 21.4. The van der Waals surface area contributed by atoms with Crippen LogP contribution >= 0.6 is 0 Å². The van der Waals surface area contributed by atoms with Gasteiger partial charge in [0.15, 0.2) is 5.78 Å². The number of ketones is 1. The Hall–Kier alpha value is -3.84. The van der Waals surface area contributed by atoms with Gasteiger partial charge in [-0.05, 0) is 67.3 Å². The van der Waals surface area contributed by atoms with Crippen molar-refractivity contribution in [2.24, 2.45) is 7.05 Å². The monoisotopic (exact) mass is 428 g/mol. The van der Waals surface area contributed by atoms with Crippen LogP contribution in [0.3, 0.4) is 0 Å². The van der Waals surface area contributed by atoms with Crippen LogP contribution in [0.15, 0.2) is 48.8 Å². The molecular weight excluding hydrogens is 404 g/mol. The summed E-state index contributed by atoms with van der Waals surface area (Å²) in [6, 6.07) is 11.3. The van der Waals surface area contributed by atoms with Gasteiger partial charge < -0.3 is 0 Å². The molecule has 2 heterocycles. The Labute approximate surface area is 185 Å². The van der Waals surface area contributed by atoms with Crippen LogP contribution in [0.25, 0.3) is 22.0 Å². The lowest BCUT2D eigenvalue weighted by atomic mass is 9.95. The van der Waals surface area contributed by atoms with Crippen LogP contribution in [0.2, 0.25) is 0 Å². The highest BCUT2D eigenvalue weighted by atomic mass is 16.5. The maximum atomic E-state index is 13.1. The van der Waals surface area contributed by atoms with Crippen molar-refractivity contribution in [1.82, 2.24) is 20.2 Å². The van der Waals surface area contributed by atoms with E-state index in [4.69, 9.17) is 5.21 Å². The van der Waals surface area contributed by atoms with E-state index in [1.54, 1.807) is 29.3 Å². The molecule has 0 spiro atoms. The quantitative estimate of drug-likeness (QED) is 0.283. The van der Waals surface area contributed by atoms with E-state index in [0.29, 0.717) is 16.8 Å². The first-order valence-electron chi connectivity index (χ1n) is 10.2. The molecule has 2 aromatic carbocycles. The van der Waals surface area contributed by atoms with E-state index >= 15 is 0 Å². The number of nitrogens with zero attached hydrogens (tertiary/aromatic N) is 3. The average Bonchev–Trinajstić information content (AvgIpc) is 3.19. The summed E-state index contributed by atoms with van der Waals surface area (Å²) in [6.45, 7) is 5.62. The van der Waals surface area contributed by atoms with E-state index in [9.17, 15) is 9.59 Å². The van der Waals surface area contributed by atoms with Crippen molar-refractivity contribution in [3.8, 4) is 11.1 Å². The fourth-order valence-corrected chi connectivity index (χ4v) is 4.00. The van der Waals surface area contributed by atoms with Gasteiger partial charge in [-0.3, -0.25) is 24.5 Å². The molecule has 0 fully saturated rings. The number of carbonyl (C=O) groups excluding carboxylic acids is 2. The predicted molar refractivity (Wildman–Crippen MR) is 122 cm³/mol. The van der Waals surface area contributed by atoms with Gasteiger partial charge >= 0.3 is 0 Å². The highest BCUT2D eigenvalue weighted by Gasteiger charge is 2.15. The summed E-state index contributed by atoms with van der Waals surface area (Å²) in [4.78, 5) is 29.6. The maximum Gasteiger partial charge on any atom is 0.276 e. The van der Waals surface area contributed by atoms with Crippen LogP contribution < -0.4 is 5.48 Å². The lowest BCUT2D eigenvalue weighted by Gasteiger charge is -2.11. The molecule has 4 rings (SSSR count). The van der Waals surface area contributed by atoms with Gasteiger partial charge in [-0.2, -0.15) is 5.10 Å². The summed E-state index contributed by atoms with van der Waals surface area (Å²) in [5, 5.41) is 14.0. The average molecular weight is 428 g/mol. The Morgan fingerprint density at radius 2 is 1.81 bits per heavy atom. The third-order valence-electron chi connectivity index (χ3n) is 5.51. The fourth-order valence-electron chi connectivity index (χ4n) is 4.00. The molecule has 32 heavy (non-hydrogen) atoms. The predicted octanol–water partition coefficient (Wildman–Crippen LogP) is 4.10. The van der Waals surface area contributed by atoms with Crippen LogP contribution in [-0.4, -0.2) is 31.7 Å². The van der Waals surface area contributed by atoms with E-state index in [2.05, 4.69) is 10.1 Å². The van der Waals surface area contributed by atoms with Gasteiger partial charge in [-0.1, -0.05) is 12.1 Å². The van der Waals surface area contributed by atoms with Crippen molar-refractivity contribution in [1.29, 1.82) is 0 Å². The van der Waals surface area contributed by atoms with Gasteiger partial charge in [-0.25, -0.2) is 5.48 Å². The van der Waals surface area contributed by atoms with Gasteiger partial charge in [0.2, 0.25) is 0 Å². The van der Waals surface area contributed by atoms with Gasteiger partial charge in [0, 0.05) is 36.2 Å². The summed E-state index contributed by atoms with van der Waals surface area (Å²) >= 11 is 0. The number of pyridine rings is 1. The molecule has 0 atom stereocenters. The molecule has 0 aliphatic carbocycles. The van der Waals surface area contributed by atoms with E-state index < -0.39 is 5.91 Å². The first-order valence-corrected chi connectivity index (χ1v) is 10.2. The number of hydroxylamine groups is 1. The highest BCUT2D eigenvalue weighted by Crippen LogP contribution is 2.25. The number of aryl methyl sites for hydroxylation is 4. The molecule has 4 aromatic rings. The van der Waals surface area contributed by atoms with Crippen LogP contribution in [0.5, 0.6) is 0 Å².